The normalized spacial score (nSPS) is 11.5. The van der Waals surface area contributed by atoms with Gasteiger partial charge in [-0.1, -0.05) is 6.04 Å². The second kappa shape index (κ2) is 11.1. The first-order chi connectivity index (χ1) is 5.91. The minimum atomic E-state index is 0.0906. The standard InChI is InChI=1S/C8H21NO2Si/c1-10-4-2-5-11-6-8-12-7-3-9/h2-9,12H2,1H3. The summed E-state index contributed by atoms with van der Waals surface area (Å²) in [5.74, 6) is 0. The number of methoxy groups -OCH3 is 1. The van der Waals surface area contributed by atoms with Crippen LogP contribution in [0.3, 0.4) is 0 Å². The molecule has 0 bridgehead atoms. The predicted octanol–water partition coefficient (Wildman–Crippen LogP) is 0.00360. The van der Waals surface area contributed by atoms with Gasteiger partial charge in [-0.05, 0) is 19.0 Å². The summed E-state index contributed by atoms with van der Waals surface area (Å²) in [5.41, 5.74) is 5.39. The lowest BCUT2D eigenvalue weighted by atomic mass is 10.5. The van der Waals surface area contributed by atoms with Crippen molar-refractivity contribution in [3.63, 3.8) is 0 Å². The first-order valence-electron chi connectivity index (χ1n) is 4.68. The molecule has 4 heteroatoms. The second-order valence-corrected chi connectivity index (χ2v) is 4.93. The van der Waals surface area contributed by atoms with Crippen molar-refractivity contribution in [2.75, 3.05) is 33.5 Å². The maximum absolute atomic E-state index is 5.40. The number of rotatable bonds is 9. The monoisotopic (exact) mass is 191 g/mol. The molecule has 0 atom stereocenters. The van der Waals surface area contributed by atoms with Gasteiger partial charge in [-0.25, -0.2) is 0 Å². The summed E-state index contributed by atoms with van der Waals surface area (Å²) in [6.45, 7) is 3.43. The smallest absolute Gasteiger partial charge is 0.0487 e. The van der Waals surface area contributed by atoms with Crippen LogP contribution in [0.5, 0.6) is 0 Å². The van der Waals surface area contributed by atoms with Crippen LogP contribution in [0.4, 0.5) is 0 Å². The molecule has 0 aromatic rings. The van der Waals surface area contributed by atoms with Crippen LogP contribution in [0.15, 0.2) is 0 Å². The van der Waals surface area contributed by atoms with Gasteiger partial charge in [0.25, 0.3) is 0 Å². The van der Waals surface area contributed by atoms with Crippen molar-refractivity contribution >= 4 is 9.52 Å². The minimum absolute atomic E-state index is 0.0906. The van der Waals surface area contributed by atoms with Crippen LogP contribution in [-0.2, 0) is 9.47 Å². The summed E-state index contributed by atoms with van der Waals surface area (Å²) in [7, 11) is 1.81. The highest BCUT2D eigenvalue weighted by atomic mass is 28.2. The molecular formula is C8H21NO2Si. The van der Waals surface area contributed by atoms with E-state index in [9.17, 15) is 0 Å². The molecule has 74 valence electrons. The van der Waals surface area contributed by atoms with Crippen molar-refractivity contribution in [2.24, 2.45) is 5.73 Å². The fraction of sp³-hybridized carbons (Fsp3) is 1.00. The van der Waals surface area contributed by atoms with E-state index >= 15 is 0 Å². The zero-order valence-electron chi connectivity index (χ0n) is 8.05. The van der Waals surface area contributed by atoms with Gasteiger partial charge in [0.2, 0.25) is 0 Å². The lowest BCUT2D eigenvalue weighted by Gasteiger charge is -2.02. The van der Waals surface area contributed by atoms with E-state index in [1.165, 1.54) is 12.1 Å². The summed E-state index contributed by atoms with van der Waals surface area (Å²) in [4.78, 5) is 0. The molecule has 0 saturated heterocycles. The summed E-state index contributed by atoms with van der Waals surface area (Å²) in [5, 5.41) is 0. The Balaban J connectivity index is 2.73. The van der Waals surface area contributed by atoms with Crippen LogP contribution in [0.25, 0.3) is 0 Å². The molecule has 0 fully saturated rings. The van der Waals surface area contributed by atoms with Gasteiger partial charge in [-0.3, -0.25) is 0 Å². The molecule has 0 aromatic heterocycles. The zero-order chi connectivity index (χ0) is 9.07. The molecule has 2 N–H and O–H groups in total. The van der Waals surface area contributed by atoms with E-state index in [2.05, 4.69) is 0 Å². The van der Waals surface area contributed by atoms with Crippen LogP contribution in [-0.4, -0.2) is 43.0 Å². The third kappa shape index (κ3) is 10.1. The molecule has 0 amide bonds. The van der Waals surface area contributed by atoms with Crippen molar-refractivity contribution in [2.45, 2.75) is 18.5 Å². The highest BCUT2D eigenvalue weighted by Crippen LogP contribution is 1.88. The van der Waals surface area contributed by atoms with Crippen molar-refractivity contribution in [3.8, 4) is 0 Å². The Bertz CT molecular complexity index is 73.5. The highest BCUT2D eigenvalue weighted by Gasteiger charge is 1.90. The van der Waals surface area contributed by atoms with Gasteiger partial charge in [0, 0.05) is 36.5 Å². The van der Waals surface area contributed by atoms with E-state index in [0.717, 1.165) is 32.8 Å². The Kier molecular flexibility index (Phi) is 11.2. The average molecular weight is 191 g/mol. The summed E-state index contributed by atoms with van der Waals surface area (Å²) in [6, 6.07) is 2.52. The minimum Gasteiger partial charge on any atom is -0.385 e. The third-order valence-electron chi connectivity index (χ3n) is 1.63. The Labute approximate surface area is 77.4 Å². The Hall–Kier alpha value is 0.0969. The molecule has 0 saturated carbocycles. The Morgan fingerprint density at radius 1 is 1.17 bits per heavy atom. The van der Waals surface area contributed by atoms with E-state index in [1.807, 2.05) is 0 Å². The molecule has 0 rings (SSSR count). The van der Waals surface area contributed by atoms with Gasteiger partial charge >= 0.3 is 0 Å². The van der Waals surface area contributed by atoms with E-state index in [-0.39, 0.29) is 9.52 Å². The number of hydrogen-bond donors (Lipinski definition) is 1. The van der Waals surface area contributed by atoms with E-state index < -0.39 is 0 Å². The average Bonchev–Trinajstić information content (AvgIpc) is 2.10. The Morgan fingerprint density at radius 2 is 2.00 bits per heavy atom. The maximum Gasteiger partial charge on any atom is 0.0487 e. The summed E-state index contributed by atoms with van der Waals surface area (Å²) in [6.07, 6.45) is 1.01. The SMILES string of the molecule is COCCCOCC[SiH2]CCN. The largest absolute Gasteiger partial charge is 0.385 e. The second-order valence-electron chi connectivity index (χ2n) is 2.81. The van der Waals surface area contributed by atoms with Crippen molar-refractivity contribution in [3.05, 3.63) is 0 Å². The Morgan fingerprint density at radius 3 is 2.67 bits per heavy atom. The fourth-order valence-corrected chi connectivity index (χ4v) is 1.98. The van der Waals surface area contributed by atoms with Crippen LogP contribution >= 0.6 is 0 Å². The molecular weight excluding hydrogens is 170 g/mol. The topological polar surface area (TPSA) is 44.5 Å². The molecule has 0 aliphatic carbocycles. The van der Waals surface area contributed by atoms with Gasteiger partial charge in [0.05, 0.1) is 0 Å². The van der Waals surface area contributed by atoms with Crippen molar-refractivity contribution in [1.29, 1.82) is 0 Å². The first-order valence-corrected chi connectivity index (χ1v) is 6.68. The molecule has 0 aromatic carbocycles. The molecule has 0 aliphatic rings. The third-order valence-corrected chi connectivity index (χ3v) is 3.33. The van der Waals surface area contributed by atoms with Gasteiger partial charge in [0.15, 0.2) is 0 Å². The van der Waals surface area contributed by atoms with Gasteiger partial charge in [-0.15, -0.1) is 0 Å². The molecule has 0 unspecified atom stereocenters. The van der Waals surface area contributed by atoms with Crippen LogP contribution in [0, 0.1) is 0 Å². The van der Waals surface area contributed by atoms with Crippen LogP contribution < -0.4 is 5.73 Å². The molecule has 3 nitrogen and oxygen atoms in total. The molecule has 12 heavy (non-hydrogen) atoms. The predicted molar refractivity (Wildman–Crippen MR) is 54.5 cm³/mol. The van der Waals surface area contributed by atoms with Gasteiger partial charge < -0.3 is 15.2 Å². The summed E-state index contributed by atoms with van der Waals surface area (Å²) < 4.78 is 10.3. The summed E-state index contributed by atoms with van der Waals surface area (Å²) >= 11 is 0. The molecule has 0 radical (unpaired) electrons. The number of ether oxygens (including phenoxy) is 2. The highest BCUT2D eigenvalue weighted by molar-refractivity contribution is 6.35. The number of hydrogen-bond acceptors (Lipinski definition) is 3. The van der Waals surface area contributed by atoms with E-state index in [4.69, 9.17) is 15.2 Å². The zero-order valence-corrected chi connectivity index (χ0v) is 9.46. The molecule has 0 aliphatic heterocycles. The van der Waals surface area contributed by atoms with E-state index in [1.54, 1.807) is 7.11 Å². The van der Waals surface area contributed by atoms with Crippen molar-refractivity contribution < 1.29 is 9.47 Å². The van der Waals surface area contributed by atoms with Crippen molar-refractivity contribution in [1.82, 2.24) is 0 Å². The molecule has 0 spiro atoms. The van der Waals surface area contributed by atoms with Gasteiger partial charge in [0.1, 0.15) is 0 Å². The van der Waals surface area contributed by atoms with Crippen LogP contribution in [0.1, 0.15) is 6.42 Å². The first kappa shape index (κ1) is 12.1. The van der Waals surface area contributed by atoms with E-state index in [0.29, 0.717) is 0 Å². The molecule has 0 heterocycles. The quantitative estimate of drug-likeness (QED) is 0.412. The fourth-order valence-electron chi connectivity index (χ4n) is 0.933. The van der Waals surface area contributed by atoms with Crippen LogP contribution in [0.2, 0.25) is 12.1 Å². The van der Waals surface area contributed by atoms with Gasteiger partial charge in [-0.2, -0.15) is 0 Å². The lowest BCUT2D eigenvalue weighted by Crippen LogP contribution is -2.06. The number of nitrogens with two attached hydrogens (primary N) is 1. The lowest BCUT2D eigenvalue weighted by molar-refractivity contribution is 0.111. The maximum atomic E-state index is 5.40.